The van der Waals surface area contributed by atoms with Crippen LogP contribution in [0.5, 0.6) is 0 Å². The van der Waals surface area contributed by atoms with Gasteiger partial charge >= 0.3 is 0 Å². The van der Waals surface area contributed by atoms with Gasteiger partial charge in [0.2, 0.25) is 0 Å². The summed E-state index contributed by atoms with van der Waals surface area (Å²) >= 11 is 0. The minimum Gasteiger partial charge on any atom is -0.385 e. The molecule has 1 atom stereocenters. The molecule has 0 amide bonds. The number of methoxy groups -OCH3 is 1. The van der Waals surface area contributed by atoms with Crippen LogP contribution in [0.25, 0.3) is 0 Å². The molecule has 1 aliphatic carbocycles. The molecule has 0 aliphatic heterocycles. The van der Waals surface area contributed by atoms with Crippen LogP contribution in [0.1, 0.15) is 37.2 Å². The second kappa shape index (κ2) is 9.13. The van der Waals surface area contributed by atoms with E-state index in [-0.39, 0.29) is 11.7 Å². The quantitative estimate of drug-likeness (QED) is 0.636. The van der Waals surface area contributed by atoms with Crippen LogP contribution < -0.4 is 5.32 Å². The first kappa shape index (κ1) is 16.4. The highest BCUT2D eigenvalue weighted by Crippen LogP contribution is 2.25. The Hall–Kier alpha value is -0.970. The zero-order valence-electron chi connectivity index (χ0n) is 12.8. The van der Waals surface area contributed by atoms with Crippen molar-refractivity contribution in [2.45, 2.75) is 37.6 Å². The van der Waals surface area contributed by atoms with E-state index in [2.05, 4.69) is 5.32 Å². The third-order valence-corrected chi connectivity index (χ3v) is 3.82. The van der Waals surface area contributed by atoms with Gasteiger partial charge in [-0.1, -0.05) is 18.2 Å². The van der Waals surface area contributed by atoms with E-state index in [0.29, 0.717) is 19.3 Å². The summed E-state index contributed by atoms with van der Waals surface area (Å²) in [4.78, 5) is 0. The van der Waals surface area contributed by atoms with E-state index in [1.54, 1.807) is 19.2 Å². The standard InChI is InChI=1S/C17H26FNO2/c1-20-10-4-11-21-12-9-14(13-19-15-7-8-15)16-5-2-3-6-17(16)18/h2-3,5-6,14-15,19H,4,7-13H2,1H3. The summed E-state index contributed by atoms with van der Waals surface area (Å²) in [7, 11) is 1.69. The minimum atomic E-state index is -0.112. The molecule has 1 saturated carbocycles. The van der Waals surface area contributed by atoms with Gasteiger partial charge < -0.3 is 14.8 Å². The summed E-state index contributed by atoms with van der Waals surface area (Å²) in [6.45, 7) is 2.91. The predicted octanol–water partition coefficient (Wildman–Crippen LogP) is 3.10. The number of rotatable bonds is 11. The summed E-state index contributed by atoms with van der Waals surface area (Å²) in [5, 5.41) is 3.50. The number of hydrogen-bond donors (Lipinski definition) is 1. The summed E-state index contributed by atoms with van der Waals surface area (Å²) in [6, 6.07) is 7.72. The highest BCUT2D eigenvalue weighted by Gasteiger charge is 2.23. The van der Waals surface area contributed by atoms with Gasteiger partial charge in [-0.2, -0.15) is 0 Å². The number of nitrogens with one attached hydrogen (secondary N) is 1. The van der Waals surface area contributed by atoms with E-state index < -0.39 is 0 Å². The Kier molecular flexibility index (Phi) is 7.13. The second-order valence-electron chi connectivity index (χ2n) is 5.65. The summed E-state index contributed by atoms with van der Waals surface area (Å²) < 4.78 is 24.6. The molecular formula is C17H26FNO2. The van der Waals surface area contributed by atoms with Gasteiger partial charge in [-0.3, -0.25) is 0 Å². The van der Waals surface area contributed by atoms with Gasteiger partial charge in [0.05, 0.1) is 0 Å². The molecule has 4 heteroatoms. The lowest BCUT2D eigenvalue weighted by molar-refractivity contribution is 0.0978. The average Bonchev–Trinajstić information content (AvgIpc) is 3.31. The number of benzene rings is 1. The van der Waals surface area contributed by atoms with Gasteiger partial charge in [-0.05, 0) is 37.3 Å². The van der Waals surface area contributed by atoms with Crippen LogP contribution in [0.4, 0.5) is 4.39 Å². The molecule has 0 radical (unpaired) electrons. The van der Waals surface area contributed by atoms with Crippen LogP contribution in [0, 0.1) is 5.82 Å². The molecule has 0 bridgehead atoms. The van der Waals surface area contributed by atoms with Gasteiger partial charge in [-0.25, -0.2) is 4.39 Å². The molecule has 0 heterocycles. The fourth-order valence-electron chi connectivity index (χ4n) is 2.40. The molecule has 1 N–H and O–H groups in total. The Morgan fingerprint density at radius 2 is 2.05 bits per heavy atom. The first-order valence-electron chi connectivity index (χ1n) is 7.85. The van der Waals surface area contributed by atoms with Crippen molar-refractivity contribution in [3.8, 4) is 0 Å². The Morgan fingerprint density at radius 3 is 2.76 bits per heavy atom. The highest BCUT2D eigenvalue weighted by molar-refractivity contribution is 5.22. The van der Waals surface area contributed by atoms with Gasteiger partial charge in [0.15, 0.2) is 0 Å². The Bertz CT molecular complexity index is 410. The average molecular weight is 295 g/mol. The van der Waals surface area contributed by atoms with Crippen LogP contribution in [0.3, 0.4) is 0 Å². The topological polar surface area (TPSA) is 30.5 Å². The maximum atomic E-state index is 14.0. The molecule has 0 saturated heterocycles. The smallest absolute Gasteiger partial charge is 0.126 e. The van der Waals surface area contributed by atoms with E-state index in [9.17, 15) is 4.39 Å². The zero-order chi connectivity index (χ0) is 14.9. The molecule has 1 aliphatic rings. The third-order valence-electron chi connectivity index (χ3n) is 3.82. The Labute approximate surface area is 126 Å². The van der Waals surface area contributed by atoms with Crippen LogP contribution in [0.2, 0.25) is 0 Å². The van der Waals surface area contributed by atoms with Crippen molar-refractivity contribution in [2.75, 3.05) is 33.5 Å². The van der Waals surface area contributed by atoms with E-state index >= 15 is 0 Å². The minimum absolute atomic E-state index is 0.112. The Balaban J connectivity index is 1.79. The molecule has 1 unspecified atom stereocenters. The van der Waals surface area contributed by atoms with Crippen molar-refractivity contribution in [3.05, 3.63) is 35.6 Å². The maximum Gasteiger partial charge on any atom is 0.126 e. The van der Waals surface area contributed by atoms with Crippen molar-refractivity contribution in [1.29, 1.82) is 0 Å². The van der Waals surface area contributed by atoms with Crippen molar-refractivity contribution in [3.63, 3.8) is 0 Å². The van der Waals surface area contributed by atoms with Gasteiger partial charge in [0, 0.05) is 45.4 Å². The molecule has 2 rings (SSSR count). The fraction of sp³-hybridized carbons (Fsp3) is 0.647. The van der Waals surface area contributed by atoms with Crippen LogP contribution in [-0.4, -0.2) is 39.5 Å². The SMILES string of the molecule is COCCCOCCC(CNC1CC1)c1ccccc1F. The van der Waals surface area contributed by atoms with Crippen molar-refractivity contribution in [2.24, 2.45) is 0 Å². The van der Waals surface area contributed by atoms with Crippen molar-refractivity contribution in [1.82, 2.24) is 5.32 Å². The van der Waals surface area contributed by atoms with E-state index in [1.165, 1.54) is 12.8 Å². The Morgan fingerprint density at radius 1 is 1.24 bits per heavy atom. The van der Waals surface area contributed by atoms with Crippen molar-refractivity contribution < 1.29 is 13.9 Å². The molecule has 0 aromatic heterocycles. The molecule has 0 spiro atoms. The summed E-state index contributed by atoms with van der Waals surface area (Å²) in [5.74, 6) is 0.0636. The normalized spacial score (nSPS) is 16.1. The van der Waals surface area contributed by atoms with Crippen LogP contribution in [0.15, 0.2) is 24.3 Å². The molecular weight excluding hydrogens is 269 g/mol. The van der Waals surface area contributed by atoms with Crippen LogP contribution >= 0.6 is 0 Å². The van der Waals surface area contributed by atoms with E-state index in [0.717, 1.165) is 31.6 Å². The largest absolute Gasteiger partial charge is 0.385 e. The fourth-order valence-corrected chi connectivity index (χ4v) is 2.40. The monoisotopic (exact) mass is 295 g/mol. The van der Waals surface area contributed by atoms with Gasteiger partial charge in [-0.15, -0.1) is 0 Å². The molecule has 3 nitrogen and oxygen atoms in total. The molecule has 1 fully saturated rings. The molecule has 1 aromatic rings. The van der Waals surface area contributed by atoms with E-state index in [4.69, 9.17) is 9.47 Å². The molecule has 1 aromatic carbocycles. The summed E-state index contributed by atoms with van der Waals surface area (Å²) in [6.07, 6.45) is 4.24. The number of halogens is 1. The molecule has 21 heavy (non-hydrogen) atoms. The predicted molar refractivity (Wildman–Crippen MR) is 82.1 cm³/mol. The van der Waals surface area contributed by atoms with Crippen molar-refractivity contribution >= 4 is 0 Å². The zero-order valence-corrected chi connectivity index (χ0v) is 12.8. The number of ether oxygens (including phenoxy) is 2. The second-order valence-corrected chi connectivity index (χ2v) is 5.65. The van der Waals surface area contributed by atoms with E-state index in [1.807, 2.05) is 12.1 Å². The van der Waals surface area contributed by atoms with Crippen LogP contribution in [-0.2, 0) is 9.47 Å². The van der Waals surface area contributed by atoms with Gasteiger partial charge in [0.1, 0.15) is 5.82 Å². The number of hydrogen-bond acceptors (Lipinski definition) is 3. The third kappa shape index (κ3) is 6.12. The lowest BCUT2D eigenvalue weighted by atomic mass is 9.95. The first-order valence-corrected chi connectivity index (χ1v) is 7.85. The lowest BCUT2D eigenvalue weighted by Gasteiger charge is -2.19. The summed E-state index contributed by atoms with van der Waals surface area (Å²) in [5.41, 5.74) is 0.797. The highest BCUT2D eigenvalue weighted by atomic mass is 19.1. The first-order chi connectivity index (χ1) is 10.3. The maximum absolute atomic E-state index is 14.0. The lowest BCUT2D eigenvalue weighted by Crippen LogP contribution is -2.25. The molecule has 118 valence electrons. The van der Waals surface area contributed by atoms with Gasteiger partial charge in [0.25, 0.3) is 0 Å².